The number of ether oxygens (including phenoxy) is 1. The minimum absolute atomic E-state index is 0.290. The number of nitrogens with two attached hydrogens (primary N) is 1. The highest BCUT2D eigenvalue weighted by Crippen LogP contribution is 2.35. The zero-order valence-electron chi connectivity index (χ0n) is 7.25. The fraction of sp³-hybridized carbons (Fsp3) is 0.375. The van der Waals surface area contributed by atoms with Gasteiger partial charge < -0.3 is 15.8 Å². The molecular formula is C8H9BrN2O2S. The number of rotatable bonds is 2. The first-order valence-electron chi connectivity index (χ1n) is 4.09. The smallest absolute Gasteiger partial charge is 0.408 e. The summed E-state index contributed by atoms with van der Waals surface area (Å²) in [4.78, 5) is 12.0. The van der Waals surface area contributed by atoms with Crippen molar-refractivity contribution in [3.05, 3.63) is 20.8 Å². The lowest BCUT2D eigenvalue weighted by atomic mass is 10.0. The number of carbonyl (C=O) groups is 1. The summed E-state index contributed by atoms with van der Waals surface area (Å²) in [7, 11) is 0. The largest absolute Gasteiger partial charge is 0.434 e. The molecule has 0 bridgehead atoms. The average Bonchev–Trinajstić information content (AvgIpc) is 2.73. The number of hydrogen-bond donors (Lipinski definition) is 2. The highest BCUT2D eigenvalue weighted by molar-refractivity contribution is 9.11. The number of halogens is 1. The van der Waals surface area contributed by atoms with Gasteiger partial charge in [-0.05, 0) is 28.1 Å². The first-order valence-corrected chi connectivity index (χ1v) is 5.70. The molecule has 1 fully saturated rings. The Morgan fingerprint density at radius 1 is 1.71 bits per heavy atom. The Hall–Kier alpha value is -0.590. The van der Waals surface area contributed by atoms with Crippen LogP contribution in [0.3, 0.4) is 0 Å². The van der Waals surface area contributed by atoms with Crippen LogP contribution in [0.5, 0.6) is 0 Å². The Bertz CT molecular complexity index is 368. The molecular weight excluding hydrogens is 268 g/mol. The summed E-state index contributed by atoms with van der Waals surface area (Å²) >= 11 is 4.89. The minimum atomic E-state index is -0.673. The second-order valence-corrected chi connectivity index (χ2v) is 5.51. The van der Waals surface area contributed by atoms with E-state index in [1.165, 1.54) is 11.3 Å². The first-order chi connectivity index (χ1) is 6.66. The standard InChI is InChI=1S/C8H9BrN2O2S/c9-6-2-1-5(14-6)8(3-10)4-11-7(12)13-8/h1-2H,3-4,10H2,(H,11,12). The van der Waals surface area contributed by atoms with Gasteiger partial charge in [0.1, 0.15) is 0 Å². The molecule has 0 saturated carbocycles. The summed E-state index contributed by atoms with van der Waals surface area (Å²) in [5.41, 5.74) is 4.97. The lowest BCUT2D eigenvalue weighted by molar-refractivity contribution is 0.0646. The van der Waals surface area contributed by atoms with Crippen molar-refractivity contribution in [2.45, 2.75) is 5.60 Å². The van der Waals surface area contributed by atoms with E-state index in [0.717, 1.165) is 8.66 Å². The fourth-order valence-corrected chi connectivity index (χ4v) is 2.90. The number of hydrogen-bond acceptors (Lipinski definition) is 4. The lowest BCUT2D eigenvalue weighted by Gasteiger charge is -2.22. The molecule has 1 saturated heterocycles. The third kappa shape index (κ3) is 1.53. The molecule has 1 aromatic heterocycles. The van der Waals surface area contributed by atoms with Crippen LogP contribution in [0.2, 0.25) is 0 Å². The van der Waals surface area contributed by atoms with Gasteiger partial charge in [0, 0.05) is 6.54 Å². The topological polar surface area (TPSA) is 64.3 Å². The van der Waals surface area contributed by atoms with E-state index in [1.54, 1.807) is 0 Å². The average molecular weight is 277 g/mol. The van der Waals surface area contributed by atoms with Crippen LogP contribution in [-0.2, 0) is 10.3 Å². The van der Waals surface area contributed by atoms with E-state index >= 15 is 0 Å². The van der Waals surface area contributed by atoms with Crippen molar-refractivity contribution in [1.29, 1.82) is 0 Å². The molecule has 14 heavy (non-hydrogen) atoms. The number of thiophene rings is 1. The maximum Gasteiger partial charge on any atom is 0.408 e. The number of carbonyl (C=O) groups excluding carboxylic acids is 1. The first kappa shape index (κ1) is 9.95. The molecule has 3 N–H and O–H groups in total. The van der Waals surface area contributed by atoms with E-state index in [2.05, 4.69) is 21.2 Å². The molecule has 2 rings (SSSR count). The fourth-order valence-electron chi connectivity index (χ4n) is 1.38. The molecule has 2 heterocycles. The summed E-state index contributed by atoms with van der Waals surface area (Å²) < 4.78 is 6.22. The zero-order valence-corrected chi connectivity index (χ0v) is 9.65. The maximum atomic E-state index is 11.0. The maximum absolute atomic E-state index is 11.0. The van der Waals surface area contributed by atoms with E-state index in [1.807, 2.05) is 12.1 Å². The van der Waals surface area contributed by atoms with Crippen LogP contribution in [0.25, 0.3) is 0 Å². The van der Waals surface area contributed by atoms with E-state index in [9.17, 15) is 4.79 Å². The van der Waals surface area contributed by atoms with Crippen LogP contribution in [0.15, 0.2) is 15.9 Å². The van der Waals surface area contributed by atoms with Gasteiger partial charge in [0.05, 0.1) is 15.2 Å². The third-order valence-corrected chi connectivity index (χ3v) is 3.97. The van der Waals surface area contributed by atoms with Gasteiger partial charge >= 0.3 is 6.09 Å². The molecule has 1 aliphatic rings. The molecule has 1 amide bonds. The SMILES string of the molecule is NCC1(c2ccc(Br)s2)CNC(=O)O1. The van der Waals surface area contributed by atoms with E-state index in [-0.39, 0.29) is 0 Å². The zero-order chi connectivity index (χ0) is 10.2. The predicted molar refractivity (Wildman–Crippen MR) is 57.2 cm³/mol. The van der Waals surface area contributed by atoms with Crippen LogP contribution in [0.1, 0.15) is 4.88 Å². The number of nitrogens with one attached hydrogen (secondary N) is 1. The normalized spacial score (nSPS) is 26.0. The van der Waals surface area contributed by atoms with Crippen molar-refractivity contribution in [2.75, 3.05) is 13.1 Å². The van der Waals surface area contributed by atoms with Crippen molar-refractivity contribution < 1.29 is 9.53 Å². The summed E-state index contributed by atoms with van der Waals surface area (Å²) in [5.74, 6) is 0. The van der Waals surface area contributed by atoms with Gasteiger partial charge in [-0.15, -0.1) is 11.3 Å². The van der Waals surface area contributed by atoms with E-state index < -0.39 is 11.7 Å². The number of amides is 1. The van der Waals surface area contributed by atoms with Gasteiger partial charge in [0.15, 0.2) is 5.60 Å². The Balaban J connectivity index is 2.33. The highest BCUT2D eigenvalue weighted by atomic mass is 79.9. The van der Waals surface area contributed by atoms with Crippen LogP contribution in [0, 0.1) is 0 Å². The number of alkyl carbamates (subject to hydrolysis) is 1. The van der Waals surface area contributed by atoms with Gasteiger partial charge in [0.25, 0.3) is 0 Å². The van der Waals surface area contributed by atoms with Crippen molar-refractivity contribution in [3.8, 4) is 0 Å². The summed E-state index contributed by atoms with van der Waals surface area (Å²) in [6.45, 7) is 0.730. The monoisotopic (exact) mass is 276 g/mol. The van der Waals surface area contributed by atoms with Crippen molar-refractivity contribution >= 4 is 33.4 Å². The second kappa shape index (κ2) is 3.52. The van der Waals surface area contributed by atoms with Crippen LogP contribution in [0.4, 0.5) is 4.79 Å². The van der Waals surface area contributed by atoms with Gasteiger partial charge in [-0.3, -0.25) is 0 Å². The van der Waals surface area contributed by atoms with Gasteiger partial charge in [0.2, 0.25) is 0 Å². The van der Waals surface area contributed by atoms with Crippen LogP contribution >= 0.6 is 27.3 Å². The van der Waals surface area contributed by atoms with E-state index in [0.29, 0.717) is 13.1 Å². The lowest BCUT2D eigenvalue weighted by Crippen LogP contribution is -2.37. The van der Waals surface area contributed by atoms with Gasteiger partial charge in [-0.1, -0.05) is 0 Å². The molecule has 1 unspecified atom stereocenters. The quantitative estimate of drug-likeness (QED) is 0.859. The summed E-state index contributed by atoms with van der Waals surface area (Å²) in [6, 6.07) is 3.84. The molecule has 0 aliphatic carbocycles. The highest BCUT2D eigenvalue weighted by Gasteiger charge is 2.42. The molecule has 76 valence electrons. The Morgan fingerprint density at radius 2 is 2.50 bits per heavy atom. The summed E-state index contributed by atoms with van der Waals surface area (Å²) in [6.07, 6.45) is -0.403. The Morgan fingerprint density at radius 3 is 2.93 bits per heavy atom. The molecule has 4 nitrogen and oxygen atoms in total. The summed E-state index contributed by atoms with van der Waals surface area (Å²) in [5, 5.41) is 2.62. The molecule has 1 aliphatic heterocycles. The Labute approximate surface area is 93.6 Å². The second-order valence-electron chi connectivity index (χ2n) is 3.05. The van der Waals surface area contributed by atoms with Crippen LogP contribution < -0.4 is 11.1 Å². The van der Waals surface area contributed by atoms with E-state index in [4.69, 9.17) is 10.5 Å². The molecule has 6 heteroatoms. The third-order valence-electron chi connectivity index (χ3n) is 2.16. The molecule has 0 spiro atoms. The van der Waals surface area contributed by atoms with Gasteiger partial charge in [-0.2, -0.15) is 0 Å². The van der Waals surface area contributed by atoms with Crippen molar-refractivity contribution in [3.63, 3.8) is 0 Å². The molecule has 1 aromatic rings. The minimum Gasteiger partial charge on any atom is -0.434 e. The number of cyclic esters (lactones) is 1. The van der Waals surface area contributed by atoms with Gasteiger partial charge in [-0.25, -0.2) is 4.79 Å². The molecule has 0 aromatic carbocycles. The van der Waals surface area contributed by atoms with Crippen LogP contribution in [-0.4, -0.2) is 19.2 Å². The molecule has 0 radical (unpaired) electrons. The van der Waals surface area contributed by atoms with Crippen molar-refractivity contribution in [1.82, 2.24) is 5.32 Å². The van der Waals surface area contributed by atoms with Crippen molar-refractivity contribution in [2.24, 2.45) is 5.73 Å². The Kier molecular flexibility index (Phi) is 2.50. The molecule has 1 atom stereocenters. The predicted octanol–water partition coefficient (Wildman–Crippen LogP) is 1.40.